The van der Waals surface area contributed by atoms with Gasteiger partial charge in [-0.05, 0) is 0 Å². The van der Waals surface area contributed by atoms with Crippen molar-refractivity contribution in [2.24, 2.45) is 0 Å². The fourth-order valence-corrected chi connectivity index (χ4v) is 2.01. The Balaban J connectivity index is -0.000000137. The van der Waals surface area contributed by atoms with E-state index in [0.29, 0.717) is 0 Å². The molecule has 0 aliphatic rings. The van der Waals surface area contributed by atoms with E-state index < -0.39 is 23.5 Å². The number of halogens is 2. The first-order valence-electron chi connectivity index (χ1n) is 6.13. The molecule has 0 atom stereocenters. The Bertz CT molecular complexity index is 339. The van der Waals surface area contributed by atoms with Gasteiger partial charge in [-0.25, -0.2) is 13.7 Å². The molecule has 0 fully saturated rings. The molecule has 0 aliphatic carbocycles. The number of rotatable bonds is 9. The molecule has 0 aromatic rings. The summed E-state index contributed by atoms with van der Waals surface area (Å²) < 4.78 is 71.1. The fraction of sp³-hybridized carbons (Fsp3) is 1.00. The van der Waals surface area contributed by atoms with Gasteiger partial charge in [-0.1, -0.05) is 0 Å². The summed E-state index contributed by atoms with van der Waals surface area (Å²) in [6.45, 7) is 0. The van der Waals surface area contributed by atoms with Crippen LogP contribution in [-0.4, -0.2) is 64.0 Å². The predicted octanol–water partition coefficient (Wildman–Crippen LogP) is 4.48. The Morgan fingerprint density at radius 3 is 0.519 bits per heavy atom. The molecule has 0 bridgehead atoms. The molecule has 0 rings (SSSR count). The number of phosphoric acid groups is 3. The van der Waals surface area contributed by atoms with E-state index >= 15 is 0 Å². The SMILES string of the molecule is COP(=O)(OC)OC.COP(=O)(OC)OC.COP(=O)(OC)OC.[Cl][Ru][Cl]. The van der Waals surface area contributed by atoms with Crippen molar-refractivity contribution in [2.45, 2.75) is 0 Å². The van der Waals surface area contributed by atoms with Crippen molar-refractivity contribution in [2.75, 3.05) is 64.0 Å². The Kier molecular flexibility index (Phi) is 29.6. The van der Waals surface area contributed by atoms with Crippen LogP contribution < -0.4 is 0 Å². The van der Waals surface area contributed by atoms with E-state index in [1.165, 1.54) is 64.0 Å². The Hall–Kier alpha value is 1.53. The van der Waals surface area contributed by atoms with Crippen LogP contribution in [0.2, 0.25) is 0 Å². The molecular formula is C9H27Cl2O12P3Ru. The van der Waals surface area contributed by atoms with E-state index in [-0.39, 0.29) is 15.1 Å². The van der Waals surface area contributed by atoms with E-state index in [0.717, 1.165) is 0 Å². The summed E-state index contributed by atoms with van der Waals surface area (Å²) in [4.78, 5) is 0. The second-order valence-corrected chi connectivity index (χ2v) is 11.6. The molecule has 18 heteroatoms. The number of hydrogen-bond acceptors (Lipinski definition) is 12. The van der Waals surface area contributed by atoms with Gasteiger partial charge >= 0.3 is 58.0 Å². The monoisotopic (exact) mass is 592 g/mol. The third-order valence-electron chi connectivity index (χ3n) is 2.01. The van der Waals surface area contributed by atoms with Crippen LogP contribution >= 0.6 is 42.9 Å². The van der Waals surface area contributed by atoms with Crippen LogP contribution in [-0.2, 0) is 69.6 Å². The summed E-state index contributed by atoms with van der Waals surface area (Å²) in [6, 6.07) is 0. The average molecular weight is 592 g/mol. The normalized spacial score (nSPS) is 11.4. The summed E-state index contributed by atoms with van der Waals surface area (Å²) in [5.41, 5.74) is 0. The van der Waals surface area contributed by atoms with E-state index in [2.05, 4.69) is 40.7 Å². The topological polar surface area (TPSA) is 134 Å². The first-order chi connectivity index (χ1) is 12.5. The molecular weight excluding hydrogens is 565 g/mol. The van der Waals surface area contributed by atoms with Gasteiger partial charge in [-0.2, -0.15) is 0 Å². The van der Waals surface area contributed by atoms with Gasteiger partial charge in [0.2, 0.25) is 0 Å². The summed E-state index contributed by atoms with van der Waals surface area (Å²) in [5.74, 6) is 0. The minimum absolute atomic E-state index is 0.346. The van der Waals surface area contributed by atoms with Crippen LogP contribution in [0.5, 0.6) is 0 Å². The van der Waals surface area contributed by atoms with Crippen molar-refractivity contribution in [3.8, 4) is 0 Å². The van der Waals surface area contributed by atoms with Crippen LogP contribution in [0.15, 0.2) is 0 Å². The first-order valence-corrected chi connectivity index (χ1v) is 15.0. The average Bonchev–Trinajstić information content (AvgIpc) is 2.73. The van der Waals surface area contributed by atoms with Gasteiger partial charge in [0, 0.05) is 64.0 Å². The Morgan fingerprint density at radius 2 is 0.519 bits per heavy atom. The fourth-order valence-electron chi connectivity index (χ4n) is 0.671. The molecule has 0 spiro atoms. The van der Waals surface area contributed by atoms with E-state index in [9.17, 15) is 13.7 Å². The van der Waals surface area contributed by atoms with Gasteiger partial charge in [-0.3, -0.25) is 40.7 Å². The summed E-state index contributed by atoms with van der Waals surface area (Å²) in [7, 11) is 11.5. The maximum absolute atomic E-state index is 10.7. The van der Waals surface area contributed by atoms with Crippen LogP contribution in [0.1, 0.15) is 0 Å². The molecule has 0 N–H and O–H groups in total. The zero-order chi connectivity index (χ0) is 22.6. The molecule has 27 heavy (non-hydrogen) atoms. The van der Waals surface area contributed by atoms with Gasteiger partial charge in [0.15, 0.2) is 0 Å². The molecule has 0 unspecified atom stereocenters. The van der Waals surface area contributed by atoms with Crippen LogP contribution in [0, 0.1) is 0 Å². The third-order valence-corrected chi connectivity index (χ3v) is 6.04. The Morgan fingerprint density at radius 1 is 0.444 bits per heavy atom. The van der Waals surface area contributed by atoms with Crippen molar-refractivity contribution >= 4 is 42.9 Å². The first kappa shape index (κ1) is 35.9. The molecule has 0 amide bonds. The second-order valence-electron chi connectivity index (χ2n) is 3.04. The van der Waals surface area contributed by atoms with E-state index in [4.69, 9.17) is 19.4 Å². The minimum atomic E-state index is -3.16. The molecule has 0 aliphatic heterocycles. The molecule has 0 saturated carbocycles. The van der Waals surface area contributed by atoms with Crippen LogP contribution in [0.25, 0.3) is 0 Å². The van der Waals surface area contributed by atoms with Gasteiger partial charge in [0.25, 0.3) is 0 Å². The summed E-state index contributed by atoms with van der Waals surface area (Å²) in [5, 5.41) is 0. The standard InChI is InChI=1S/3C3H9O4P.2ClH.Ru/c3*1-5-8(4,6-2)7-3;;;/h3*1-3H3;2*1H;/q;;;;;+2/p-2. The molecule has 0 aromatic carbocycles. The quantitative estimate of drug-likeness (QED) is 0.276. The molecule has 0 saturated heterocycles. The Labute approximate surface area is 176 Å². The number of phosphoric ester groups is 3. The number of hydrogen-bond donors (Lipinski definition) is 0. The zero-order valence-corrected chi connectivity index (χ0v) is 22.3. The van der Waals surface area contributed by atoms with Gasteiger partial charge in [0.1, 0.15) is 0 Å². The van der Waals surface area contributed by atoms with Crippen molar-refractivity contribution in [1.29, 1.82) is 0 Å². The molecule has 12 nitrogen and oxygen atoms in total. The molecule has 0 aromatic heterocycles. The van der Waals surface area contributed by atoms with Gasteiger partial charge < -0.3 is 0 Å². The maximum atomic E-state index is 10.7. The molecule has 172 valence electrons. The van der Waals surface area contributed by atoms with E-state index in [1.807, 2.05) is 0 Å². The molecule has 0 radical (unpaired) electrons. The van der Waals surface area contributed by atoms with Crippen LogP contribution in [0.4, 0.5) is 0 Å². The van der Waals surface area contributed by atoms with Crippen molar-refractivity contribution < 1.29 is 69.6 Å². The summed E-state index contributed by atoms with van der Waals surface area (Å²) >= 11 is -0.346. The van der Waals surface area contributed by atoms with Crippen molar-refractivity contribution in [1.82, 2.24) is 0 Å². The van der Waals surface area contributed by atoms with E-state index in [1.54, 1.807) is 0 Å². The van der Waals surface area contributed by atoms with Gasteiger partial charge in [-0.15, -0.1) is 0 Å². The zero-order valence-electron chi connectivity index (χ0n) is 16.4. The van der Waals surface area contributed by atoms with Crippen molar-refractivity contribution in [3.05, 3.63) is 0 Å². The van der Waals surface area contributed by atoms with Crippen molar-refractivity contribution in [3.63, 3.8) is 0 Å². The second kappa shape index (κ2) is 22.2. The van der Waals surface area contributed by atoms with Gasteiger partial charge in [0.05, 0.1) is 0 Å². The summed E-state index contributed by atoms with van der Waals surface area (Å²) in [6.07, 6.45) is 0. The predicted molar refractivity (Wildman–Crippen MR) is 97.6 cm³/mol. The van der Waals surface area contributed by atoms with Crippen LogP contribution in [0.3, 0.4) is 0 Å². The molecule has 0 heterocycles. The third kappa shape index (κ3) is 22.0.